The number of alkyl halides is 2. The Balaban J connectivity index is 1.72. The molecule has 3 heterocycles. The number of fused-ring (bicyclic) bond motifs is 1. The van der Waals surface area contributed by atoms with E-state index in [4.69, 9.17) is 0 Å². The van der Waals surface area contributed by atoms with E-state index in [9.17, 15) is 22.5 Å². The van der Waals surface area contributed by atoms with Gasteiger partial charge < -0.3 is 0 Å². The van der Waals surface area contributed by atoms with Gasteiger partial charge in [-0.2, -0.15) is 25.3 Å². The molecule has 14 heteroatoms. The van der Waals surface area contributed by atoms with Crippen LogP contribution in [0.4, 0.5) is 8.78 Å². The summed E-state index contributed by atoms with van der Waals surface area (Å²) >= 11 is 0.644. The van der Waals surface area contributed by atoms with E-state index in [1.165, 1.54) is 29.2 Å². The van der Waals surface area contributed by atoms with Gasteiger partial charge in [-0.25, -0.2) is 21.9 Å². The molecule has 0 radical (unpaired) electrons. The molecular formula is C18H12F2N8O2S2. The number of hydrogen-bond acceptors (Lipinski definition) is 9. The summed E-state index contributed by atoms with van der Waals surface area (Å²) < 4.78 is 55.8. The van der Waals surface area contributed by atoms with Gasteiger partial charge in [0.2, 0.25) is 15.2 Å². The maximum atomic E-state index is 13.1. The van der Waals surface area contributed by atoms with Gasteiger partial charge in [-0.1, -0.05) is 11.3 Å². The number of sulfonamides is 1. The van der Waals surface area contributed by atoms with Crippen LogP contribution >= 0.6 is 11.3 Å². The monoisotopic (exact) mass is 474 g/mol. The lowest BCUT2D eigenvalue weighted by molar-refractivity contribution is 0.150. The summed E-state index contributed by atoms with van der Waals surface area (Å²) in [6.45, 7) is 0. The SMILES string of the molecule is N#CC1(NS(=O)(=O)c2cc(-c3cccnn3)c3cnn(-c4nnc(C(F)F)s4)c3c2)CC1. The lowest BCUT2D eigenvalue weighted by Gasteiger charge is -2.12. The zero-order valence-corrected chi connectivity index (χ0v) is 17.6. The van der Waals surface area contributed by atoms with Crippen molar-refractivity contribution < 1.29 is 17.2 Å². The highest BCUT2D eigenvalue weighted by Crippen LogP contribution is 2.38. The van der Waals surface area contributed by atoms with Crippen molar-refractivity contribution in [1.29, 1.82) is 5.26 Å². The van der Waals surface area contributed by atoms with E-state index in [2.05, 4.69) is 30.2 Å². The number of hydrogen-bond donors (Lipinski definition) is 1. The zero-order valence-electron chi connectivity index (χ0n) is 16.0. The van der Waals surface area contributed by atoms with Crippen molar-refractivity contribution in [2.24, 2.45) is 0 Å². The van der Waals surface area contributed by atoms with Gasteiger partial charge in [-0.3, -0.25) is 0 Å². The molecule has 5 rings (SSSR count). The standard InChI is InChI=1S/C18H12F2N8O2S2/c19-15(20)16-25-26-17(31-16)28-14-7-10(32(29,30)27-18(9-21)3-4-18)6-11(12(14)8-23-28)13-2-1-5-22-24-13/h1-2,5-8,15,27H,3-4H2. The van der Waals surface area contributed by atoms with Crippen molar-refractivity contribution in [3.63, 3.8) is 0 Å². The molecule has 1 aliphatic rings. The van der Waals surface area contributed by atoms with Crippen molar-refractivity contribution in [2.45, 2.75) is 29.7 Å². The lowest BCUT2D eigenvalue weighted by Crippen LogP contribution is -2.35. The summed E-state index contributed by atoms with van der Waals surface area (Å²) in [4.78, 5) is -0.132. The van der Waals surface area contributed by atoms with Gasteiger partial charge in [0, 0.05) is 17.1 Å². The summed E-state index contributed by atoms with van der Waals surface area (Å²) in [6.07, 6.45) is 0.981. The van der Waals surface area contributed by atoms with Crippen LogP contribution in [0.5, 0.6) is 0 Å². The molecule has 1 aliphatic carbocycles. The average molecular weight is 474 g/mol. The van der Waals surface area contributed by atoms with Crippen molar-refractivity contribution >= 4 is 32.3 Å². The predicted molar refractivity (Wildman–Crippen MR) is 108 cm³/mol. The van der Waals surface area contributed by atoms with Gasteiger partial charge in [0.15, 0.2) is 5.01 Å². The Bertz CT molecular complexity index is 1470. The number of nitrogens with one attached hydrogen (secondary N) is 1. The van der Waals surface area contributed by atoms with Crippen LogP contribution in [0.1, 0.15) is 24.3 Å². The molecule has 162 valence electrons. The number of nitrogens with zero attached hydrogens (tertiary/aromatic N) is 7. The highest BCUT2D eigenvalue weighted by molar-refractivity contribution is 7.89. The average Bonchev–Trinajstić information content (AvgIpc) is 3.18. The first kappa shape index (κ1) is 20.5. The highest BCUT2D eigenvalue weighted by atomic mass is 32.2. The van der Waals surface area contributed by atoms with Crippen LogP contribution in [-0.2, 0) is 10.0 Å². The fourth-order valence-corrected chi connectivity index (χ4v) is 5.24. The molecule has 0 bridgehead atoms. The van der Waals surface area contributed by atoms with Crippen LogP contribution < -0.4 is 4.72 Å². The minimum atomic E-state index is -4.09. The third-order valence-electron chi connectivity index (χ3n) is 4.91. The van der Waals surface area contributed by atoms with Gasteiger partial charge in [0.1, 0.15) is 5.54 Å². The topological polar surface area (TPSA) is 139 Å². The van der Waals surface area contributed by atoms with Crippen LogP contribution in [0, 0.1) is 11.3 Å². The van der Waals surface area contributed by atoms with Crippen LogP contribution in [0.2, 0.25) is 0 Å². The maximum absolute atomic E-state index is 13.1. The fraction of sp³-hybridized carbons (Fsp3) is 0.222. The third kappa shape index (κ3) is 3.49. The predicted octanol–water partition coefficient (Wildman–Crippen LogP) is 2.61. The molecule has 0 saturated heterocycles. The molecule has 0 unspecified atom stereocenters. The quantitative estimate of drug-likeness (QED) is 0.450. The second-order valence-electron chi connectivity index (χ2n) is 7.09. The maximum Gasteiger partial charge on any atom is 0.291 e. The highest BCUT2D eigenvalue weighted by Gasteiger charge is 2.47. The fourth-order valence-electron chi connectivity index (χ4n) is 3.14. The van der Waals surface area contributed by atoms with Crippen molar-refractivity contribution in [1.82, 2.24) is 34.9 Å². The van der Waals surface area contributed by atoms with E-state index >= 15 is 0 Å². The van der Waals surface area contributed by atoms with Crippen molar-refractivity contribution in [2.75, 3.05) is 0 Å². The number of aromatic nitrogens is 6. The summed E-state index contributed by atoms with van der Waals surface area (Å²) in [6, 6.07) is 8.05. The number of nitriles is 1. The van der Waals surface area contributed by atoms with E-state index < -0.39 is 27.0 Å². The van der Waals surface area contributed by atoms with Gasteiger partial charge in [-0.15, -0.1) is 10.2 Å². The Labute approximate surface area is 183 Å². The number of halogens is 2. The molecule has 32 heavy (non-hydrogen) atoms. The Kier molecular flexibility index (Phi) is 4.69. The van der Waals surface area contributed by atoms with Crippen LogP contribution in [-0.4, -0.2) is 44.1 Å². The van der Waals surface area contributed by atoms with Gasteiger partial charge in [0.25, 0.3) is 6.43 Å². The summed E-state index contributed by atoms with van der Waals surface area (Å²) in [5.74, 6) is 0. The van der Waals surface area contributed by atoms with Crippen molar-refractivity contribution in [3.05, 3.63) is 41.7 Å². The molecule has 0 spiro atoms. The molecule has 1 fully saturated rings. The minimum absolute atomic E-state index is 0.0543. The first-order valence-corrected chi connectivity index (χ1v) is 11.5. The first-order chi connectivity index (χ1) is 15.3. The molecule has 1 N–H and O–H groups in total. The molecule has 10 nitrogen and oxygen atoms in total. The summed E-state index contributed by atoms with van der Waals surface area (Å²) in [7, 11) is -4.09. The van der Waals surface area contributed by atoms with Crippen LogP contribution in [0.25, 0.3) is 27.3 Å². The molecular weight excluding hydrogens is 462 g/mol. The van der Waals surface area contributed by atoms with E-state index in [0.717, 1.165) is 0 Å². The zero-order chi connectivity index (χ0) is 22.5. The smallest absolute Gasteiger partial charge is 0.207 e. The second kappa shape index (κ2) is 7.33. The number of rotatable bonds is 6. The Morgan fingerprint density at radius 2 is 2.06 bits per heavy atom. The number of benzene rings is 1. The Morgan fingerprint density at radius 3 is 2.69 bits per heavy atom. The molecule has 1 saturated carbocycles. The minimum Gasteiger partial charge on any atom is -0.207 e. The van der Waals surface area contributed by atoms with Crippen LogP contribution in [0.15, 0.2) is 41.6 Å². The molecule has 3 aromatic heterocycles. The van der Waals surface area contributed by atoms with Crippen molar-refractivity contribution in [3.8, 4) is 22.5 Å². The van der Waals surface area contributed by atoms with E-state index in [0.29, 0.717) is 46.3 Å². The normalized spacial score (nSPS) is 15.2. The molecule has 0 aliphatic heterocycles. The second-order valence-corrected chi connectivity index (χ2v) is 9.76. The van der Waals surface area contributed by atoms with Gasteiger partial charge in [-0.05, 0) is 37.1 Å². The molecule has 1 aromatic carbocycles. The molecule has 4 aromatic rings. The summed E-state index contributed by atoms with van der Waals surface area (Å²) in [5.41, 5.74) is -0.0115. The molecule has 0 amide bonds. The van der Waals surface area contributed by atoms with E-state index in [1.54, 1.807) is 12.1 Å². The van der Waals surface area contributed by atoms with E-state index in [1.807, 2.05) is 6.07 Å². The largest absolute Gasteiger partial charge is 0.291 e. The van der Waals surface area contributed by atoms with Gasteiger partial charge >= 0.3 is 0 Å². The third-order valence-corrected chi connectivity index (χ3v) is 7.33. The lowest BCUT2D eigenvalue weighted by atomic mass is 10.1. The first-order valence-electron chi connectivity index (χ1n) is 9.19. The van der Waals surface area contributed by atoms with Crippen LogP contribution in [0.3, 0.4) is 0 Å². The Morgan fingerprint density at radius 1 is 1.25 bits per heavy atom. The summed E-state index contributed by atoms with van der Waals surface area (Å²) in [5, 5.41) is 28.7. The Hall–Kier alpha value is -3.41. The van der Waals surface area contributed by atoms with E-state index in [-0.39, 0.29) is 10.0 Å². The van der Waals surface area contributed by atoms with Gasteiger partial charge in [0.05, 0.1) is 28.4 Å². The molecule has 0 atom stereocenters.